The van der Waals surface area contributed by atoms with Gasteiger partial charge in [-0.25, -0.2) is 4.98 Å². The minimum Gasteiger partial charge on any atom is -0.396 e. The SMILES string of the molecule is CCCc1nc(C(=O)NC(C)CCCO)n[nH]1. The fraction of sp³-hybridized carbons (Fsp3) is 0.727. The van der Waals surface area contributed by atoms with E-state index in [1.807, 2.05) is 13.8 Å². The third-order valence-corrected chi connectivity index (χ3v) is 2.39. The summed E-state index contributed by atoms with van der Waals surface area (Å²) in [5.41, 5.74) is 0. The predicted molar refractivity (Wildman–Crippen MR) is 63.6 cm³/mol. The number of aliphatic hydroxyl groups is 1. The van der Waals surface area contributed by atoms with Crippen LogP contribution < -0.4 is 5.32 Å². The van der Waals surface area contributed by atoms with Gasteiger partial charge in [0.1, 0.15) is 5.82 Å². The van der Waals surface area contributed by atoms with E-state index >= 15 is 0 Å². The van der Waals surface area contributed by atoms with E-state index in [1.165, 1.54) is 0 Å². The number of nitrogens with one attached hydrogen (secondary N) is 2. The molecule has 1 rings (SSSR count). The Morgan fingerprint density at radius 1 is 1.59 bits per heavy atom. The van der Waals surface area contributed by atoms with Crippen LogP contribution >= 0.6 is 0 Å². The standard InChI is InChI=1S/C11H20N4O2/c1-3-5-9-13-10(15-14-9)11(17)12-8(2)6-4-7-16/h8,16H,3-7H2,1-2H3,(H,12,17)(H,13,14,15). The molecule has 6 heteroatoms. The van der Waals surface area contributed by atoms with Crippen molar-refractivity contribution in [2.45, 2.75) is 45.6 Å². The quantitative estimate of drug-likeness (QED) is 0.652. The molecular formula is C11H20N4O2. The molecule has 0 aliphatic heterocycles. The van der Waals surface area contributed by atoms with Gasteiger partial charge in [-0.1, -0.05) is 6.92 Å². The molecule has 3 N–H and O–H groups in total. The molecule has 0 aromatic carbocycles. The van der Waals surface area contributed by atoms with Crippen LogP contribution in [0.25, 0.3) is 0 Å². The topological polar surface area (TPSA) is 90.9 Å². The highest BCUT2D eigenvalue weighted by Gasteiger charge is 2.14. The summed E-state index contributed by atoms with van der Waals surface area (Å²) < 4.78 is 0. The summed E-state index contributed by atoms with van der Waals surface area (Å²) in [4.78, 5) is 15.8. The van der Waals surface area contributed by atoms with Gasteiger partial charge in [0.05, 0.1) is 0 Å². The molecule has 1 heterocycles. The zero-order chi connectivity index (χ0) is 12.7. The van der Waals surface area contributed by atoms with E-state index in [1.54, 1.807) is 0 Å². The van der Waals surface area contributed by atoms with Gasteiger partial charge in [0.15, 0.2) is 0 Å². The molecule has 1 aromatic heterocycles. The Morgan fingerprint density at radius 3 is 3.00 bits per heavy atom. The number of amides is 1. The highest BCUT2D eigenvalue weighted by molar-refractivity contribution is 5.90. The number of carbonyl (C=O) groups excluding carboxylic acids is 1. The lowest BCUT2D eigenvalue weighted by Crippen LogP contribution is -2.33. The third-order valence-electron chi connectivity index (χ3n) is 2.39. The molecule has 6 nitrogen and oxygen atoms in total. The van der Waals surface area contributed by atoms with Crippen molar-refractivity contribution in [2.75, 3.05) is 6.61 Å². The molecule has 0 saturated heterocycles. The van der Waals surface area contributed by atoms with Crippen LogP contribution in [0.1, 0.15) is 49.6 Å². The number of carbonyl (C=O) groups is 1. The molecule has 1 amide bonds. The summed E-state index contributed by atoms with van der Waals surface area (Å²) in [7, 11) is 0. The molecular weight excluding hydrogens is 220 g/mol. The lowest BCUT2D eigenvalue weighted by Gasteiger charge is -2.11. The number of hydrogen-bond donors (Lipinski definition) is 3. The lowest BCUT2D eigenvalue weighted by molar-refractivity contribution is 0.0926. The molecule has 0 bridgehead atoms. The van der Waals surface area contributed by atoms with E-state index in [4.69, 9.17) is 5.11 Å². The second-order valence-electron chi connectivity index (χ2n) is 4.10. The van der Waals surface area contributed by atoms with Crippen LogP contribution in [0.4, 0.5) is 0 Å². The largest absolute Gasteiger partial charge is 0.396 e. The summed E-state index contributed by atoms with van der Waals surface area (Å²) in [6.45, 7) is 4.08. The first-order valence-electron chi connectivity index (χ1n) is 6.00. The van der Waals surface area contributed by atoms with E-state index in [0.29, 0.717) is 6.42 Å². The Balaban J connectivity index is 2.45. The lowest BCUT2D eigenvalue weighted by atomic mass is 10.2. The van der Waals surface area contributed by atoms with Gasteiger partial charge in [-0.05, 0) is 26.2 Å². The zero-order valence-corrected chi connectivity index (χ0v) is 10.4. The van der Waals surface area contributed by atoms with Crippen molar-refractivity contribution >= 4 is 5.91 Å². The molecule has 0 spiro atoms. The Bertz CT molecular complexity index is 351. The summed E-state index contributed by atoms with van der Waals surface area (Å²) in [6, 6.07) is 0.0165. The Morgan fingerprint density at radius 2 is 2.35 bits per heavy atom. The number of aromatic nitrogens is 3. The van der Waals surface area contributed by atoms with E-state index in [9.17, 15) is 4.79 Å². The summed E-state index contributed by atoms with van der Waals surface area (Å²) in [5.74, 6) is 0.652. The first-order chi connectivity index (χ1) is 8.17. The molecule has 0 aliphatic rings. The van der Waals surface area contributed by atoms with Gasteiger partial charge in [0, 0.05) is 19.1 Å². The van der Waals surface area contributed by atoms with Gasteiger partial charge in [-0.15, -0.1) is 5.10 Å². The van der Waals surface area contributed by atoms with Crippen molar-refractivity contribution in [3.05, 3.63) is 11.6 Å². The second kappa shape index (κ2) is 7.01. The Kier molecular flexibility index (Phi) is 5.62. The zero-order valence-electron chi connectivity index (χ0n) is 10.4. The van der Waals surface area contributed by atoms with Gasteiger partial charge in [-0.2, -0.15) is 0 Å². The van der Waals surface area contributed by atoms with Crippen LogP contribution in [-0.2, 0) is 6.42 Å². The first-order valence-corrected chi connectivity index (χ1v) is 6.00. The van der Waals surface area contributed by atoms with Gasteiger partial charge >= 0.3 is 0 Å². The van der Waals surface area contributed by atoms with E-state index < -0.39 is 0 Å². The number of rotatable bonds is 7. The maximum atomic E-state index is 11.7. The molecule has 0 aliphatic carbocycles. The summed E-state index contributed by atoms with van der Waals surface area (Å²) in [5, 5.41) is 18.1. The van der Waals surface area contributed by atoms with Crippen molar-refractivity contribution in [2.24, 2.45) is 0 Å². The van der Waals surface area contributed by atoms with Gasteiger partial charge in [0.2, 0.25) is 5.82 Å². The van der Waals surface area contributed by atoms with Crippen molar-refractivity contribution in [1.82, 2.24) is 20.5 Å². The number of aromatic amines is 1. The third kappa shape index (κ3) is 4.52. The number of aryl methyl sites for hydroxylation is 1. The molecule has 0 fully saturated rings. The maximum Gasteiger partial charge on any atom is 0.291 e. The maximum absolute atomic E-state index is 11.7. The van der Waals surface area contributed by atoms with Gasteiger partial charge in [-0.3, -0.25) is 9.89 Å². The summed E-state index contributed by atoms with van der Waals surface area (Å²) >= 11 is 0. The van der Waals surface area contributed by atoms with Gasteiger partial charge < -0.3 is 10.4 Å². The predicted octanol–water partition coefficient (Wildman–Crippen LogP) is 0.648. The fourth-order valence-electron chi connectivity index (χ4n) is 1.50. The van der Waals surface area contributed by atoms with Crippen molar-refractivity contribution < 1.29 is 9.90 Å². The van der Waals surface area contributed by atoms with Gasteiger partial charge in [0.25, 0.3) is 5.91 Å². The highest BCUT2D eigenvalue weighted by atomic mass is 16.3. The molecule has 1 unspecified atom stereocenters. The molecule has 17 heavy (non-hydrogen) atoms. The molecule has 96 valence electrons. The smallest absolute Gasteiger partial charge is 0.291 e. The minimum atomic E-state index is -0.269. The van der Waals surface area contributed by atoms with Crippen LogP contribution in [0.5, 0.6) is 0 Å². The first kappa shape index (κ1) is 13.6. The number of nitrogens with zero attached hydrogens (tertiary/aromatic N) is 2. The number of hydrogen-bond acceptors (Lipinski definition) is 4. The van der Waals surface area contributed by atoms with Crippen molar-refractivity contribution in [1.29, 1.82) is 0 Å². The monoisotopic (exact) mass is 240 g/mol. The Labute approximate surface area is 101 Å². The average Bonchev–Trinajstić information content (AvgIpc) is 2.75. The fourth-order valence-corrected chi connectivity index (χ4v) is 1.50. The van der Waals surface area contributed by atoms with E-state index in [-0.39, 0.29) is 24.4 Å². The molecule has 1 aromatic rings. The van der Waals surface area contributed by atoms with Crippen molar-refractivity contribution in [3.63, 3.8) is 0 Å². The van der Waals surface area contributed by atoms with Crippen LogP contribution in [0.15, 0.2) is 0 Å². The highest BCUT2D eigenvalue weighted by Crippen LogP contribution is 1.99. The Hall–Kier alpha value is -1.43. The normalized spacial score (nSPS) is 12.4. The van der Waals surface area contributed by atoms with Crippen molar-refractivity contribution in [3.8, 4) is 0 Å². The van der Waals surface area contributed by atoms with Crippen LogP contribution in [0, 0.1) is 0 Å². The van der Waals surface area contributed by atoms with Crippen LogP contribution in [0.3, 0.4) is 0 Å². The molecule has 1 atom stereocenters. The number of aliphatic hydroxyl groups excluding tert-OH is 1. The molecule has 0 radical (unpaired) electrons. The number of H-pyrrole nitrogens is 1. The second-order valence-corrected chi connectivity index (χ2v) is 4.10. The average molecular weight is 240 g/mol. The van der Waals surface area contributed by atoms with Crippen LogP contribution in [-0.4, -0.2) is 38.8 Å². The van der Waals surface area contributed by atoms with E-state index in [2.05, 4.69) is 20.5 Å². The summed E-state index contributed by atoms with van der Waals surface area (Å²) in [6.07, 6.45) is 3.18. The molecule has 0 saturated carbocycles. The van der Waals surface area contributed by atoms with E-state index in [0.717, 1.165) is 25.1 Å². The minimum absolute atomic E-state index is 0.0165. The van der Waals surface area contributed by atoms with Crippen LogP contribution in [0.2, 0.25) is 0 Å².